The van der Waals surface area contributed by atoms with Crippen molar-refractivity contribution in [1.29, 1.82) is 0 Å². The van der Waals surface area contributed by atoms with Crippen molar-refractivity contribution >= 4 is 0 Å². The monoisotopic (exact) mass is 269 g/mol. The van der Waals surface area contributed by atoms with E-state index in [0.717, 1.165) is 18.2 Å². The molecular weight excluding hydrogens is 246 g/mol. The van der Waals surface area contributed by atoms with Gasteiger partial charge in [-0.25, -0.2) is 0 Å². The molecule has 0 amide bonds. The van der Waals surface area contributed by atoms with Crippen LogP contribution in [0.5, 0.6) is 0 Å². The van der Waals surface area contributed by atoms with Gasteiger partial charge in [0.05, 0.1) is 5.69 Å². The second kappa shape index (κ2) is 6.71. The van der Waals surface area contributed by atoms with E-state index >= 15 is 0 Å². The van der Waals surface area contributed by atoms with Crippen LogP contribution in [0.4, 0.5) is 0 Å². The van der Waals surface area contributed by atoms with E-state index in [2.05, 4.69) is 39.8 Å². The normalized spacial score (nSPS) is 16.4. The first-order chi connectivity index (χ1) is 9.92. The number of hydrogen-bond acceptors (Lipinski definition) is 2. The Morgan fingerprint density at radius 1 is 1.05 bits per heavy atom. The van der Waals surface area contributed by atoms with E-state index in [1.165, 1.54) is 49.8 Å². The van der Waals surface area contributed by atoms with Crippen molar-refractivity contribution in [2.24, 2.45) is 5.92 Å². The number of nitrogens with zero attached hydrogens (tertiary/aromatic N) is 1. The standard InChI is InChI=1S/C17H23N3/c1-2-4-14(5-3-1)12-18-13-15-6-8-16(9-7-15)17-10-11-19-20-17/h6-11,14,18H,1-5,12-13H2,(H,19,20). The molecule has 2 aromatic rings. The third-order valence-corrected chi connectivity index (χ3v) is 4.25. The number of rotatable bonds is 5. The third kappa shape index (κ3) is 3.48. The molecule has 3 heteroatoms. The first-order valence-corrected chi connectivity index (χ1v) is 7.71. The number of benzene rings is 1. The van der Waals surface area contributed by atoms with E-state index in [4.69, 9.17) is 0 Å². The highest BCUT2D eigenvalue weighted by atomic mass is 15.1. The zero-order valence-electron chi connectivity index (χ0n) is 11.9. The van der Waals surface area contributed by atoms with Gasteiger partial charge in [-0.3, -0.25) is 5.10 Å². The second-order valence-corrected chi connectivity index (χ2v) is 5.80. The molecule has 0 radical (unpaired) electrons. The van der Waals surface area contributed by atoms with Gasteiger partial charge < -0.3 is 5.32 Å². The van der Waals surface area contributed by atoms with Crippen molar-refractivity contribution < 1.29 is 0 Å². The molecule has 3 rings (SSSR count). The van der Waals surface area contributed by atoms with Gasteiger partial charge in [0.1, 0.15) is 0 Å². The molecule has 2 N–H and O–H groups in total. The summed E-state index contributed by atoms with van der Waals surface area (Å²) in [5.41, 5.74) is 3.62. The van der Waals surface area contributed by atoms with Gasteiger partial charge in [-0.15, -0.1) is 0 Å². The van der Waals surface area contributed by atoms with E-state index in [1.54, 1.807) is 6.20 Å². The van der Waals surface area contributed by atoms with Crippen LogP contribution in [0.2, 0.25) is 0 Å². The van der Waals surface area contributed by atoms with Crippen molar-refractivity contribution in [2.75, 3.05) is 6.54 Å². The van der Waals surface area contributed by atoms with E-state index in [1.807, 2.05) is 6.07 Å². The minimum Gasteiger partial charge on any atom is -0.312 e. The van der Waals surface area contributed by atoms with Crippen molar-refractivity contribution in [1.82, 2.24) is 15.5 Å². The lowest BCUT2D eigenvalue weighted by molar-refractivity contribution is 0.342. The highest BCUT2D eigenvalue weighted by Crippen LogP contribution is 2.23. The van der Waals surface area contributed by atoms with Crippen LogP contribution >= 0.6 is 0 Å². The van der Waals surface area contributed by atoms with Gasteiger partial charge in [-0.05, 0) is 42.5 Å². The van der Waals surface area contributed by atoms with E-state index in [-0.39, 0.29) is 0 Å². The molecule has 1 saturated carbocycles. The van der Waals surface area contributed by atoms with Crippen LogP contribution in [0, 0.1) is 5.92 Å². The Kier molecular flexibility index (Phi) is 4.49. The van der Waals surface area contributed by atoms with Crippen LogP contribution in [0.1, 0.15) is 37.7 Å². The number of hydrogen-bond donors (Lipinski definition) is 2. The van der Waals surface area contributed by atoms with Gasteiger partial charge in [-0.1, -0.05) is 43.5 Å². The molecule has 1 aliphatic rings. The molecule has 1 fully saturated rings. The number of nitrogens with one attached hydrogen (secondary N) is 2. The fraction of sp³-hybridized carbons (Fsp3) is 0.471. The van der Waals surface area contributed by atoms with Gasteiger partial charge in [0.25, 0.3) is 0 Å². The van der Waals surface area contributed by atoms with Crippen LogP contribution in [-0.2, 0) is 6.54 Å². The lowest BCUT2D eigenvalue weighted by Gasteiger charge is -2.21. The van der Waals surface area contributed by atoms with Gasteiger partial charge in [0, 0.05) is 12.7 Å². The van der Waals surface area contributed by atoms with E-state index < -0.39 is 0 Å². The Balaban J connectivity index is 1.48. The van der Waals surface area contributed by atoms with Gasteiger partial charge in [0.2, 0.25) is 0 Å². The maximum Gasteiger partial charge on any atom is 0.0650 e. The van der Waals surface area contributed by atoms with E-state index in [0.29, 0.717) is 0 Å². The van der Waals surface area contributed by atoms with Crippen LogP contribution in [0.25, 0.3) is 11.3 Å². The van der Waals surface area contributed by atoms with Crippen LogP contribution in [-0.4, -0.2) is 16.7 Å². The molecule has 1 aromatic heterocycles. The lowest BCUT2D eigenvalue weighted by atomic mass is 9.89. The lowest BCUT2D eigenvalue weighted by Crippen LogP contribution is -2.24. The summed E-state index contributed by atoms with van der Waals surface area (Å²) >= 11 is 0. The van der Waals surface area contributed by atoms with Crippen molar-refractivity contribution in [3.8, 4) is 11.3 Å². The average Bonchev–Trinajstić information content (AvgIpc) is 3.03. The molecule has 0 aliphatic heterocycles. The Morgan fingerprint density at radius 2 is 1.85 bits per heavy atom. The molecule has 1 aromatic carbocycles. The second-order valence-electron chi connectivity index (χ2n) is 5.80. The Bertz CT molecular complexity index is 496. The maximum atomic E-state index is 3.98. The highest BCUT2D eigenvalue weighted by molar-refractivity contribution is 5.58. The molecule has 0 spiro atoms. The molecule has 0 bridgehead atoms. The molecule has 0 unspecified atom stereocenters. The largest absolute Gasteiger partial charge is 0.312 e. The van der Waals surface area contributed by atoms with E-state index in [9.17, 15) is 0 Å². The Morgan fingerprint density at radius 3 is 2.55 bits per heavy atom. The third-order valence-electron chi connectivity index (χ3n) is 4.25. The van der Waals surface area contributed by atoms with Crippen molar-refractivity contribution in [3.05, 3.63) is 42.1 Å². The summed E-state index contributed by atoms with van der Waals surface area (Å²) in [6.45, 7) is 2.14. The number of H-pyrrole nitrogens is 1. The summed E-state index contributed by atoms with van der Waals surface area (Å²) in [5.74, 6) is 0.896. The van der Waals surface area contributed by atoms with Gasteiger partial charge in [-0.2, -0.15) is 5.10 Å². The number of aromatic nitrogens is 2. The van der Waals surface area contributed by atoms with Crippen LogP contribution < -0.4 is 5.32 Å². The molecule has 20 heavy (non-hydrogen) atoms. The fourth-order valence-electron chi connectivity index (χ4n) is 3.03. The zero-order chi connectivity index (χ0) is 13.6. The molecule has 3 nitrogen and oxygen atoms in total. The fourth-order valence-corrected chi connectivity index (χ4v) is 3.03. The predicted octanol–water partition coefficient (Wildman–Crippen LogP) is 3.75. The van der Waals surface area contributed by atoms with Crippen molar-refractivity contribution in [2.45, 2.75) is 38.6 Å². The predicted molar refractivity (Wildman–Crippen MR) is 82.3 cm³/mol. The van der Waals surface area contributed by atoms with Gasteiger partial charge in [0.15, 0.2) is 0 Å². The summed E-state index contributed by atoms with van der Waals surface area (Å²) in [6.07, 6.45) is 8.88. The topological polar surface area (TPSA) is 40.7 Å². The van der Waals surface area contributed by atoms with Crippen LogP contribution in [0.15, 0.2) is 36.5 Å². The number of aromatic amines is 1. The minimum atomic E-state index is 0.896. The minimum absolute atomic E-state index is 0.896. The Hall–Kier alpha value is -1.61. The smallest absolute Gasteiger partial charge is 0.0650 e. The Labute approximate surface area is 120 Å². The summed E-state index contributed by atoms with van der Waals surface area (Å²) in [5, 5.41) is 10.6. The zero-order valence-corrected chi connectivity index (χ0v) is 11.9. The summed E-state index contributed by atoms with van der Waals surface area (Å²) in [7, 11) is 0. The summed E-state index contributed by atoms with van der Waals surface area (Å²) in [4.78, 5) is 0. The molecular formula is C17H23N3. The molecule has 0 saturated heterocycles. The first kappa shape index (κ1) is 13.4. The highest BCUT2D eigenvalue weighted by Gasteiger charge is 2.12. The molecule has 1 heterocycles. The van der Waals surface area contributed by atoms with Crippen molar-refractivity contribution in [3.63, 3.8) is 0 Å². The average molecular weight is 269 g/mol. The summed E-state index contributed by atoms with van der Waals surface area (Å²) < 4.78 is 0. The maximum absolute atomic E-state index is 3.98. The SMILES string of the molecule is c1cc(-c2ccc(CNCC3CCCCC3)cc2)[nH]n1. The molecule has 0 atom stereocenters. The quantitative estimate of drug-likeness (QED) is 0.868. The van der Waals surface area contributed by atoms with Crippen LogP contribution in [0.3, 0.4) is 0 Å². The van der Waals surface area contributed by atoms with Gasteiger partial charge >= 0.3 is 0 Å². The summed E-state index contributed by atoms with van der Waals surface area (Å²) in [6, 6.07) is 10.7. The molecule has 1 aliphatic carbocycles. The first-order valence-electron chi connectivity index (χ1n) is 7.71. The molecule has 106 valence electrons.